The Balaban J connectivity index is 3.73. The smallest absolute Gasteiger partial charge is 0.387 e. The second-order valence-corrected chi connectivity index (χ2v) is 3.62. The van der Waals surface area contributed by atoms with Crippen LogP contribution in [0.5, 0.6) is 5.88 Å². The summed E-state index contributed by atoms with van der Waals surface area (Å²) in [6.07, 6.45) is -11.1. The Kier molecular flexibility index (Phi) is 4.32. The molecule has 1 aromatic rings. The van der Waals surface area contributed by atoms with Gasteiger partial charge in [-0.3, -0.25) is 14.9 Å². The summed E-state index contributed by atoms with van der Waals surface area (Å²) in [5.74, 6) is -1.83. The van der Waals surface area contributed by atoms with Gasteiger partial charge in [0.05, 0.1) is 4.92 Å². The van der Waals surface area contributed by atoms with Crippen molar-refractivity contribution >= 4 is 22.5 Å². The van der Waals surface area contributed by atoms with Crippen molar-refractivity contribution in [2.75, 3.05) is 0 Å². The number of hydrogen-bond donors (Lipinski definition) is 0. The molecule has 1 aromatic heterocycles. The average Bonchev–Trinajstić information content (AvgIpc) is 2.23. The maximum Gasteiger partial charge on any atom is 0.574 e. The highest BCUT2D eigenvalue weighted by Crippen LogP contribution is 2.42. The van der Waals surface area contributed by atoms with E-state index < -0.39 is 45.4 Å². The number of halogens is 7. The number of ether oxygens (including phenoxy) is 1. The number of rotatable bonds is 3. The molecule has 0 aliphatic heterocycles. The van der Waals surface area contributed by atoms with Gasteiger partial charge in [0.25, 0.3) is 5.24 Å². The molecule has 0 atom stereocenters. The predicted molar refractivity (Wildman–Crippen MR) is 52.8 cm³/mol. The molecule has 0 bridgehead atoms. The molecule has 0 amide bonds. The molecular weight excluding hydrogens is 338 g/mol. The van der Waals surface area contributed by atoms with Crippen LogP contribution in [0.2, 0.25) is 0 Å². The molecule has 1 rings (SSSR count). The van der Waals surface area contributed by atoms with Gasteiger partial charge in [0.2, 0.25) is 5.88 Å². The fraction of sp³-hybridized carbons (Fsp3) is 0.250. The van der Waals surface area contributed by atoms with Crippen LogP contribution in [0.4, 0.5) is 32.0 Å². The summed E-state index contributed by atoms with van der Waals surface area (Å²) in [6, 6.07) is 0. The first-order chi connectivity index (χ1) is 9.34. The van der Waals surface area contributed by atoms with E-state index in [-0.39, 0.29) is 6.20 Å². The van der Waals surface area contributed by atoms with Gasteiger partial charge in [0.15, 0.2) is 5.56 Å². The number of nitro groups is 1. The van der Waals surface area contributed by atoms with Crippen LogP contribution < -0.4 is 4.74 Å². The van der Waals surface area contributed by atoms with E-state index in [9.17, 15) is 41.3 Å². The minimum Gasteiger partial charge on any atom is -0.387 e. The van der Waals surface area contributed by atoms with Crippen molar-refractivity contribution in [3.63, 3.8) is 0 Å². The molecule has 116 valence electrons. The maximum absolute atomic E-state index is 12.8. The van der Waals surface area contributed by atoms with Crippen LogP contribution in [-0.2, 0) is 6.18 Å². The van der Waals surface area contributed by atoms with Gasteiger partial charge in [0, 0.05) is 0 Å². The van der Waals surface area contributed by atoms with E-state index in [1.54, 1.807) is 0 Å². The quantitative estimate of drug-likeness (QED) is 0.365. The van der Waals surface area contributed by atoms with E-state index in [1.165, 1.54) is 0 Å². The van der Waals surface area contributed by atoms with Gasteiger partial charge >= 0.3 is 18.2 Å². The zero-order valence-corrected chi connectivity index (χ0v) is 10.0. The number of aromatic nitrogens is 1. The maximum atomic E-state index is 12.8. The summed E-state index contributed by atoms with van der Waals surface area (Å²) in [4.78, 5) is 22.6. The van der Waals surface area contributed by atoms with Crippen LogP contribution in [0.3, 0.4) is 0 Å². The van der Waals surface area contributed by atoms with E-state index in [1.807, 2.05) is 0 Å². The second-order valence-electron chi connectivity index (χ2n) is 3.27. The van der Waals surface area contributed by atoms with Crippen molar-refractivity contribution in [3.05, 3.63) is 27.4 Å². The van der Waals surface area contributed by atoms with Crippen molar-refractivity contribution < 1.29 is 40.8 Å². The molecule has 0 aliphatic rings. The molecule has 13 heteroatoms. The molecule has 0 fully saturated rings. The van der Waals surface area contributed by atoms with Crippen LogP contribution in [0, 0.1) is 10.1 Å². The van der Waals surface area contributed by atoms with Crippen molar-refractivity contribution in [3.8, 4) is 5.88 Å². The minimum atomic E-state index is -5.53. The molecule has 0 aliphatic carbocycles. The van der Waals surface area contributed by atoms with Gasteiger partial charge in [-0.25, -0.2) is 4.98 Å². The van der Waals surface area contributed by atoms with Crippen molar-refractivity contribution in [2.24, 2.45) is 0 Å². The third-order valence-corrected chi connectivity index (χ3v) is 2.10. The Labute approximate surface area is 115 Å². The second kappa shape index (κ2) is 5.35. The lowest BCUT2D eigenvalue weighted by Gasteiger charge is -2.15. The standard InChI is InChI=1S/C8HClF6N2O4/c9-5(18)3-4(7(10,11)12)2(17(19)20)1-16-6(3)21-8(13,14)15/h1H. The minimum absolute atomic E-state index is 0.118. The molecule has 0 unspecified atom stereocenters. The van der Waals surface area contributed by atoms with Gasteiger partial charge in [-0.1, -0.05) is 0 Å². The first-order valence-corrected chi connectivity index (χ1v) is 4.92. The molecule has 1 heterocycles. The first-order valence-electron chi connectivity index (χ1n) is 4.54. The van der Waals surface area contributed by atoms with Gasteiger partial charge in [-0.15, -0.1) is 13.2 Å². The van der Waals surface area contributed by atoms with E-state index in [4.69, 9.17) is 11.6 Å². The van der Waals surface area contributed by atoms with Crippen LogP contribution in [-0.4, -0.2) is 21.5 Å². The molecule has 0 aromatic carbocycles. The van der Waals surface area contributed by atoms with Crippen LogP contribution in [0.1, 0.15) is 15.9 Å². The predicted octanol–water partition coefficient (Wildman–Crippen LogP) is 3.29. The largest absolute Gasteiger partial charge is 0.574 e. The number of hydrogen-bond acceptors (Lipinski definition) is 5. The number of nitrogens with zero attached hydrogens (tertiary/aromatic N) is 2. The Hall–Kier alpha value is -2.11. The lowest BCUT2D eigenvalue weighted by molar-refractivity contribution is -0.388. The van der Waals surface area contributed by atoms with Gasteiger partial charge in [-0.05, 0) is 11.6 Å². The summed E-state index contributed by atoms with van der Waals surface area (Å²) < 4.78 is 77.5. The summed E-state index contributed by atoms with van der Waals surface area (Å²) in [6.45, 7) is 0. The Morgan fingerprint density at radius 2 is 1.81 bits per heavy atom. The zero-order chi connectivity index (χ0) is 16.6. The third-order valence-electron chi connectivity index (χ3n) is 1.91. The Bertz CT molecular complexity index is 600. The highest BCUT2D eigenvalue weighted by molar-refractivity contribution is 6.68. The number of alkyl halides is 6. The molecule has 6 nitrogen and oxygen atoms in total. The summed E-state index contributed by atoms with van der Waals surface area (Å²) in [5, 5.41) is 8.44. The van der Waals surface area contributed by atoms with Crippen LogP contribution in [0.25, 0.3) is 0 Å². The fourth-order valence-corrected chi connectivity index (χ4v) is 1.45. The molecule has 0 saturated heterocycles. The average molecular weight is 339 g/mol. The lowest BCUT2D eigenvalue weighted by atomic mass is 10.1. The zero-order valence-electron chi connectivity index (χ0n) is 9.25. The first kappa shape index (κ1) is 16.9. The lowest BCUT2D eigenvalue weighted by Crippen LogP contribution is -2.22. The van der Waals surface area contributed by atoms with E-state index >= 15 is 0 Å². The molecule has 0 saturated carbocycles. The van der Waals surface area contributed by atoms with Crippen LogP contribution in [0.15, 0.2) is 6.20 Å². The monoisotopic (exact) mass is 338 g/mol. The summed E-state index contributed by atoms with van der Waals surface area (Å²) >= 11 is 4.78. The summed E-state index contributed by atoms with van der Waals surface area (Å²) in [5.41, 5.74) is -5.90. The van der Waals surface area contributed by atoms with Crippen molar-refractivity contribution in [1.29, 1.82) is 0 Å². The Morgan fingerprint density at radius 1 is 1.29 bits per heavy atom. The number of carbonyl (C=O) groups excluding carboxylic acids is 1. The van der Waals surface area contributed by atoms with Crippen LogP contribution >= 0.6 is 11.6 Å². The molecular formula is C8HClF6N2O4. The van der Waals surface area contributed by atoms with Gasteiger partial charge < -0.3 is 4.74 Å². The number of pyridine rings is 1. The van der Waals surface area contributed by atoms with E-state index in [0.717, 1.165) is 0 Å². The highest BCUT2D eigenvalue weighted by atomic mass is 35.5. The topological polar surface area (TPSA) is 82.3 Å². The molecule has 0 spiro atoms. The molecule has 0 N–H and O–H groups in total. The van der Waals surface area contributed by atoms with E-state index in [0.29, 0.717) is 0 Å². The highest BCUT2D eigenvalue weighted by Gasteiger charge is 2.46. The fourth-order valence-electron chi connectivity index (χ4n) is 1.28. The van der Waals surface area contributed by atoms with Crippen molar-refractivity contribution in [1.82, 2.24) is 4.98 Å². The molecule has 0 radical (unpaired) electrons. The number of carbonyl (C=O) groups is 1. The third kappa shape index (κ3) is 3.93. The molecule has 21 heavy (non-hydrogen) atoms. The van der Waals surface area contributed by atoms with E-state index in [2.05, 4.69) is 9.72 Å². The normalized spacial score (nSPS) is 12.1. The van der Waals surface area contributed by atoms with Crippen molar-refractivity contribution in [2.45, 2.75) is 12.5 Å². The Morgan fingerprint density at radius 3 is 2.14 bits per heavy atom. The van der Waals surface area contributed by atoms with Gasteiger partial charge in [0.1, 0.15) is 11.8 Å². The van der Waals surface area contributed by atoms with Gasteiger partial charge in [-0.2, -0.15) is 13.2 Å². The summed E-state index contributed by atoms with van der Waals surface area (Å²) in [7, 11) is 0. The SMILES string of the molecule is O=C(Cl)c1c(OC(F)(F)F)ncc([N+](=O)[O-])c1C(F)(F)F.